The fraction of sp³-hybridized carbons (Fsp3) is 0.733. The second kappa shape index (κ2) is 6.76. The van der Waals surface area contributed by atoms with Gasteiger partial charge in [0.05, 0.1) is 6.04 Å². The maximum atomic E-state index is 5.61. The van der Waals surface area contributed by atoms with Crippen molar-refractivity contribution in [2.45, 2.75) is 64.5 Å². The molecule has 1 saturated carbocycles. The lowest BCUT2D eigenvalue weighted by atomic mass is 9.92. The average molecular weight is 314 g/mol. The summed E-state index contributed by atoms with van der Waals surface area (Å²) in [6.07, 6.45) is 8.40. The summed E-state index contributed by atoms with van der Waals surface area (Å²) in [4.78, 5) is 0. The van der Waals surface area contributed by atoms with E-state index in [1.807, 2.05) is 12.1 Å². The van der Waals surface area contributed by atoms with Crippen molar-refractivity contribution in [2.75, 3.05) is 0 Å². The van der Waals surface area contributed by atoms with Crippen molar-refractivity contribution in [3.05, 3.63) is 22.6 Å². The molecule has 0 amide bonds. The Morgan fingerprint density at radius 2 is 1.83 bits per heavy atom. The normalized spacial score (nSPS) is 21.5. The molecule has 1 aromatic heterocycles. The van der Waals surface area contributed by atoms with Gasteiger partial charge in [-0.3, -0.25) is 0 Å². The predicted octanol–water partition coefficient (Wildman–Crippen LogP) is 5.05. The Balaban J connectivity index is 1.87. The number of hydrogen-bond acceptors (Lipinski definition) is 2. The molecular formula is C15H24BrNO. The molecule has 1 aliphatic rings. The molecule has 2 nitrogen and oxygen atoms in total. The number of halogens is 1. The van der Waals surface area contributed by atoms with E-state index in [1.54, 1.807) is 0 Å². The summed E-state index contributed by atoms with van der Waals surface area (Å²) in [5.41, 5.74) is 0. The van der Waals surface area contributed by atoms with Crippen molar-refractivity contribution in [1.29, 1.82) is 0 Å². The minimum absolute atomic E-state index is 0.287. The van der Waals surface area contributed by atoms with Gasteiger partial charge in [-0.15, -0.1) is 0 Å². The van der Waals surface area contributed by atoms with Gasteiger partial charge in [0.2, 0.25) is 0 Å². The molecule has 3 heteroatoms. The Hall–Kier alpha value is -0.280. The Morgan fingerprint density at radius 1 is 1.17 bits per heavy atom. The maximum Gasteiger partial charge on any atom is 0.169 e. The Kier molecular flexibility index (Phi) is 5.31. The summed E-state index contributed by atoms with van der Waals surface area (Å²) in [6.45, 7) is 4.50. The largest absolute Gasteiger partial charge is 0.453 e. The first kappa shape index (κ1) is 14.1. The first-order valence-corrected chi connectivity index (χ1v) is 7.97. The van der Waals surface area contributed by atoms with Crippen molar-refractivity contribution in [3.63, 3.8) is 0 Å². The summed E-state index contributed by atoms with van der Waals surface area (Å²) in [5.74, 6) is 1.84. The second-order valence-electron chi connectivity index (χ2n) is 5.57. The van der Waals surface area contributed by atoms with Crippen LogP contribution in [0.15, 0.2) is 21.2 Å². The number of hydrogen-bond donors (Lipinski definition) is 1. The second-order valence-corrected chi connectivity index (χ2v) is 6.35. The van der Waals surface area contributed by atoms with Crippen molar-refractivity contribution in [3.8, 4) is 0 Å². The van der Waals surface area contributed by atoms with Crippen LogP contribution in [0.3, 0.4) is 0 Å². The molecule has 1 aliphatic carbocycles. The first-order chi connectivity index (χ1) is 8.66. The third-order valence-corrected chi connectivity index (χ3v) is 4.57. The highest BCUT2D eigenvalue weighted by molar-refractivity contribution is 9.10. The van der Waals surface area contributed by atoms with Gasteiger partial charge in [-0.25, -0.2) is 0 Å². The third kappa shape index (κ3) is 3.86. The van der Waals surface area contributed by atoms with Crippen LogP contribution in [-0.2, 0) is 0 Å². The number of furan rings is 1. The number of rotatable bonds is 4. The van der Waals surface area contributed by atoms with Gasteiger partial charge in [0.1, 0.15) is 5.76 Å². The van der Waals surface area contributed by atoms with Gasteiger partial charge < -0.3 is 9.73 Å². The van der Waals surface area contributed by atoms with Crippen LogP contribution in [0.4, 0.5) is 0 Å². The highest BCUT2D eigenvalue weighted by Gasteiger charge is 2.21. The van der Waals surface area contributed by atoms with E-state index < -0.39 is 0 Å². The molecule has 0 radical (unpaired) electrons. The summed E-state index contributed by atoms with van der Waals surface area (Å²) in [7, 11) is 0. The fourth-order valence-electron chi connectivity index (χ4n) is 2.98. The highest BCUT2D eigenvalue weighted by atomic mass is 79.9. The molecule has 1 heterocycles. The zero-order valence-corrected chi connectivity index (χ0v) is 13.0. The minimum atomic E-state index is 0.287. The van der Waals surface area contributed by atoms with Crippen molar-refractivity contribution in [1.82, 2.24) is 5.32 Å². The lowest BCUT2D eigenvalue weighted by molar-refractivity contribution is 0.298. The van der Waals surface area contributed by atoms with Gasteiger partial charge in [0, 0.05) is 6.04 Å². The van der Waals surface area contributed by atoms with Crippen molar-refractivity contribution >= 4 is 15.9 Å². The van der Waals surface area contributed by atoms with E-state index in [-0.39, 0.29) is 6.04 Å². The summed E-state index contributed by atoms with van der Waals surface area (Å²) in [6, 6.07) is 4.86. The smallest absolute Gasteiger partial charge is 0.169 e. The van der Waals surface area contributed by atoms with E-state index in [1.165, 1.54) is 38.5 Å². The fourth-order valence-corrected chi connectivity index (χ4v) is 3.30. The summed E-state index contributed by atoms with van der Waals surface area (Å²) < 4.78 is 6.43. The van der Waals surface area contributed by atoms with E-state index >= 15 is 0 Å². The molecule has 1 N–H and O–H groups in total. The van der Waals surface area contributed by atoms with E-state index in [0.717, 1.165) is 16.3 Å². The van der Waals surface area contributed by atoms with Crippen LogP contribution in [0.25, 0.3) is 0 Å². The van der Waals surface area contributed by atoms with Gasteiger partial charge >= 0.3 is 0 Å². The van der Waals surface area contributed by atoms with E-state index in [9.17, 15) is 0 Å². The number of nitrogens with one attached hydrogen (secondary N) is 1. The Bertz CT molecular complexity index is 355. The van der Waals surface area contributed by atoms with Crippen LogP contribution >= 0.6 is 15.9 Å². The molecule has 1 aromatic rings. The SMILES string of the molecule is CC(N[C@@H](C)C1CCCCCC1)c1ccc(Br)o1. The maximum absolute atomic E-state index is 5.61. The van der Waals surface area contributed by atoms with Crippen LogP contribution in [0.2, 0.25) is 0 Å². The molecule has 102 valence electrons. The molecule has 1 unspecified atom stereocenters. The molecule has 0 aromatic carbocycles. The minimum Gasteiger partial charge on any atom is -0.453 e. The first-order valence-electron chi connectivity index (χ1n) is 7.18. The van der Waals surface area contributed by atoms with Gasteiger partial charge in [0.25, 0.3) is 0 Å². The Morgan fingerprint density at radius 3 is 2.39 bits per heavy atom. The predicted molar refractivity (Wildman–Crippen MR) is 78.6 cm³/mol. The van der Waals surface area contributed by atoms with Gasteiger partial charge in [-0.1, -0.05) is 25.7 Å². The Labute approximate surface area is 119 Å². The zero-order chi connectivity index (χ0) is 13.0. The molecule has 18 heavy (non-hydrogen) atoms. The van der Waals surface area contributed by atoms with Crippen LogP contribution in [-0.4, -0.2) is 6.04 Å². The molecule has 0 saturated heterocycles. The summed E-state index contributed by atoms with van der Waals surface area (Å²) >= 11 is 3.36. The van der Waals surface area contributed by atoms with Crippen molar-refractivity contribution < 1.29 is 4.42 Å². The molecule has 0 bridgehead atoms. The molecule has 2 rings (SSSR count). The average Bonchev–Trinajstić information content (AvgIpc) is 2.63. The lowest BCUT2D eigenvalue weighted by Crippen LogP contribution is -2.35. The zero-order valence-electron chi connectivity index (χ0n) is 11.4. The van der Waals surface area contributed by atoms with Crippen LogP contribution < -0.4 is 5.32 Å². The summed E-state index contributed by atoms with van der Waals surface area (Å²) in [5, 5.41) is 3.69. The highest BCUT2D eigenvalue weighted by Crippen LogP contribution is 2.27. The molecule has 2 atom stereocenters. The van der Waals surface area contributed by atoms with Gasteiger partial charge in [0.15, 0.2) is 4.67 Å². The van der Waals surface area contributed by atoms with Gasteiger partial charge in [-0.2, -0.15) is 0 Å². The molecule has 0 spiro atoms. The topological polar surface area (TPSA) is 25.2 Å². The molecule has 0 aliphatic heterocycles. The molecule has 1 fully saturated rings. The monoisotopic (exact) mass is 313 g/mol. The van der Waals surface area contributed by atoms with E-state index in [4.69, 9.17) is 4.42 Å². The lowest BCUT2D eigenvalue weighted by Gasteiger charge is -2.26. The quantitative estimate of drug-likeness (QED) is 0.787. The van der Waals surface area contributed by atoms with Crippen LogP contribution in [0.5, 0.6) is 0 Å². The van der Waals surface area contributed by atoms with Crippen LogP contribution in [0.1, 0.15) is 64.2 Å². The molecular weight excluding hydrogens is 290 g/mol. The van der Waals surface area contributed by atoms with Crippen molar-refractivity contribution in [2.24, 2.45) is 5.92 Å². The van der Waals surface area contributed by atoms with Crippen LogP contribution in [0, 0.1) is 5.92 Å². The van der Waals surface area contributed by atoms with E-state index in [2.05, 4.69) is 35.1 Å². The van der Waals surface area contributed by atoms with Gasteiger partial charge in [-0.05, 0) is 60.7 Å². The van der Waals surface area contributed by atoms with E-state index in [0.29, 0.717) is 6.04 Å². The standard InChI is InChI=1S/C15H24BrNO/c1-11(13-7-5-3-4-6-8-13)17-12(2)14-9-10-15(16)18-14/h9-13,17H,3-8H2,1-2H3/t11-,12?/m0/s1. The third-order valence-electron chi connectivity index (χ3n) is 4.14.